The molecule has 154 valence electrons. The minimum atomic E-state index is -0.232. The van der Waals surface area contributed by atoms with E-state index in [1.165, 1.54) is 0 Å². The van der Waals surface area contributed by atoms with Crippen molar-refractivity contribution in [1.29, 1.82) is 0 Å². The normalized spacial score (nSPS) is 16.3. The zero-order chi connectivity index (χ0) is 18.7. The van der Waals surface area contributed by atoms with Crippen molar-refractivity contribution >= 4 is 36.0 Å². The van der Waals surface area contributed by atoms with Gasteiger partial charge in [-0.1, -0.05) is 13.8 Å². The molecule has 1 atom stereocenters. The third kappa shape index (κ3) is 9.25. The molecule has 1 unspecified atom stereocenters. The molecule has 0 saturated carbocycles. The standard InChI is InChI=1S/C18H36N4O3.HI/c1-5-19-17(20-14-16(7-12-23)13-15(3)4)21-8-10-22(11-9-21)18(24)25-6-2;/h15-16,23H,5-14H2,1-4H3,(H,19,20);1H. The van der Waals surface area contributed by atoms with Crippen LogP contribution in [-0.2, 0) is 4.74 Å². The minimum Gasteiger partial charge on any atom is -0.450 e. The Kier molecular flexibility index (Phi) is 13.9. The van der Waals surface area contributed by atoms with Crippen molar-refractivity contribution < 1.29 is 14.6 Å². The number of nitrogens with zero attached hydrogens (tertiary/aromatic N) is 3. The predicted octanol–water partition coefficient (Wildman–Crippen LogP) is 2.39. The summed E-state index contributed by atoms with van der Waals surface area (Å²) >= 11 is 0. The Morgan fingerprint density at radius 1 is 1.19 bits per heavy atom. The van der Waals surface area contributed by atoms with E-state index in [4.69, 9.17) is 9.73 Å². The maximum atomic E-state index is 11.8. The third-order valence-corrected chi connectivity index (χ3v) is 4.28. The summed E-state index contributed by atoms with van der Waals surface area (Å²) in [7, 11) is 0. The highest BCUT2D eigenvalue weighted by molar-refractivity contribution is 14.0. The number of piperazine rings is 1. The maximum absolute atomic E-state index is 11.8. The van der Waals surface area contributed by atoms with Gasteiger partial charge in [-0.15, -0.1) is 24.0 Å². The summed E-state index contributed by atoms with van der Waals surface area (Å²) in [4.78, 5) is 20.6. The van der Waals surface area contributed by atoms with Crippen LogP contribution in [0.25, 0.3) is 0 Å². The van der Waals surface area contributed by atoms with Gasteiger partial charge in [0.15, 0.2) is 5.96 Å². The number of hydrogen-bond acceptors (Lipinski definition) is 4. The Labute approximate surface area is 175 Å². The second kappa shape index (κ2) is 14.3. The SMILES string of the molecule is CCNC(=NCC(CCO)CC(C)C)N1CCN(C(=O)OCC)CC1.I. The van der Waals surface area contributed by atoms with Gasteiger partial charge in [0.25, 0.3) is 0 Å². The Morgan fingerprint density at radius 3 is 2.31 bits per heavy atom. The summed E-state index contributed by atoms with van der Waals surface area (Å²) in [6.07, 6.45) is 1.63. The molecular weight excluding hydrogens is 447 g/mol. The first kappa shape index (κ1) is 25.2. The molecule has 0 bridgehead atoms. The van der Waals surface area contributed by atoms with Crippen molar-refractivity contribution in [3.63, 3.8) is 0 Å². The van der Waals surface area contributed by atoms with E-state index < -0.39 is 0 Å². The van der Waals surface area contributed by atoms with Crippen LogP contribution in [0, 0.1) is 11.8 Å². The van der Waals surface area contributed by atoms with Crippen LogP contribution in [0.3, 0.4) is 0 Å². The summed E-state index contributed by atoms with van der Waals surface area (Å²) < 4.78 is 5.07. The van der Waals surface area contributed by atoms with Crippen LogP contribution in [0.15, 0.2) is 4.99 Å². The lowest BCUT2D eigenvalue weighted by molar-refractivity contribution is 0.0914. The fourth-order valence-corrected chi connectivity index (χ4v) is 3.09. The van der Waals surface area contributed by atoms with Gasteiger partial charge < -0.3 is 25.0 Å². The van der Waals surface area contributed by atoms with Gasteiger partial charge in [-0.3, -0.25) is 4.99 Å². The predicted molar refractivity (Wildman–Crippen MR) is 116 cm³/mol. The molecule has 1 fully saturated rings. The fourth-order valence-electron chi connectivity index (χ4n) is 3.09. The zero-order valence-electron chi connectivity index (χ0n) is 16.7. The first-order valence-corrected chi connectivity index (χ1v) is 9.57. The van der Waals surface area contributed by atoms with E-state index in [1.807, 2.05) is 6.92 Å². The first-order valence-electron chi connectivity index (χ1n) is 9.57. The Hall–Kier alpha value is -0.770. The monoisotopic (exact) mass is 484 g/mol. The molecule has 2 N–H and O–H groups in total. The lowest BCUT2D eigenvalue weighted by atomic mass is 9.94. The van der Waals surface area contributed by atoms with Crippen LogP contribution in [-0.4, -0.2) is 79.4 Å². The smallest absolute Gasteiger partial charge is 0.409 e. The molecule has 0 aliphatic carbocycles. The van der Waals surface area contributed by atoms with Gasteiger partial charge in [0.2, 0.25) is 0 Å². The van der Waals surface area contributed by atoms with Crippen molar-refractivity contribution in [3.8, 4) is 0 Å². The summed E-state index contributed by atoms with van der Waals surface area (Å²) in [6, 6.07) is 0. The van der Waals surface area contributed by atoms with E-state index in [0.29, 0.717) is 31.5 Å². The number of hydrogen-bond donors (Lipinski definition) is 2. The Balaban J connectivity index is 0.00000625. The summed E-state index contributed by atoms with van der Waals surface area (Å²) in [5.41, 5.74) is 0. The lowest BCUT2D eigenvalue weighted by Gasteiger charge is -2.36. The average Bonchev–Trinajstić information content (AvgIpc) is 2.58. The molecule has 26 heavy (non-hydrogen) atoms. The Bertz CT molecular complexity index is 413. The molecule has 1 heterocycles. The molecule has 1 aliphatic rings. The number of carbonyl (C=O) groups excluding carboxylic acids is 1. The number of rotatable bonds is 8. The van der Waals surface area contributed by atoms with Gasteiger partial charge >= 0.3 is 6.09 Å². The number of aliphatic imine (C=N–C) groups is 1. The lowest BCUT2D eigenvalue weighted by Crippen LogP contribution is -2.54. The average molecular weight is 484 g/mol. The quantitative estimate of drug-likeness (QED) is 0.314. The highest BCUT2D eigenvalue weighted by Gasteiger charge is 2.24. The summed E-state index contributed by atoms with van der Waals surface area (Å²) in [6.45, 7) is 13.2. The van der Waals surface area contributed by atoms with Gasteiger partial charge in [0, 0.05) is 45.9 Å². The van der Waals surface area contributed by atoms with E-state index in [9.17, 15) is 9.90 Å². The number of amides is 1. The first-order chi connectivity index (χ1) is 12.0. The molecule has 0 aromatic rings. The van der Waals surface area contributed by atoms with Crippen LogP contribution in [0.4, 0.5) is 4.79 Å². The molecule has 1 amide bonds. The highest BCUT2D eigenvalue weighted by atomic mass is 127. The molecule has 0 radical (unpaired) electrons. The number of ether oxygens (including phenoxy) is 1. The van der Waals surface area contributed by atoms with E-state index >= 15 is 0 Å². The van der Waals surface area contributed by atoms with E-state index in [-0.39, 0.29) is 36.7 Å². The van der Waals surface area contributed by atoms with Gasteiger partial charge in [-0.2, -0.15) is 0 Å². The van der Waals surface area contributed by atoms with Crippen LogP contribution >= 0.6 is 24.0 Å². The largest absolute Gasteiger partial charge is 0.450 e. The van der Waals surface area contributed by atoms with Crippen LogP contribution in [0.2, 0.25) is 0 Å². The Morgan fingerprint density at radius 2 is 1.81 bits per heavy atom. The summed E-state index contributed by atoms with van der Waals surface area (Å²) in [5, 5.41) is 12.6. The van der Waals surface area contributed by atoms with Crippen molar-refractivity contribution in [2.45, 2.75) is 40.5 Å². The third-order valence-electron chi connectivity index (χ3n) is 4.28. The van der Waals surface area contributed by atoms with Crippen molar-refractivity contribution in [1.82, 2.24) is 15.1 Å². The molecule has 0 aromatic carbocycles. The van der Waals surface area contributed by atoms with Gasteiger partial charge in [0.1, 0.15) is 0 Å². The summed E-state index contributed by atoms with van der Waals surface area (Å²) in [5.74, 6) is 1.90. The van der Waals surface area contributed by atoms with Crippen molar-refractivity contribution in [3.05, 3.63) is 0 Å². The molecule has 7 nitrogen and oxygen atoms in total. The number of aliphatic hydroxyl groups excluding tert-OH is 1. The van der Waals surface area contributed by atoms with E-state index in [0.717, 1.165) is 45.0 Å². The molecule has 0 spiro atoms. The highest BCUT2D eigenvalue weighted by Crippen LogP contribution is 2.16. The molecule has 8 heteroatoms. The second-order valence-corrected chi connectivity index (χ2v) is 6.88. The second-order valence-electron chi connectivity index (χ2n) is 6.88. The molecule has 1 saturated heterocycles. The van der Waals surface area contributed by atoms with Crippen molar-refractivity contribution in [2.75, 3.05) is 52.5 Å². The maximum Gasteiger partial charge on any atom is 0.409 e. The molecule has 1 rings (SSSR count). The van der Waals surface area contributed by atoms with Gasteiger partial charge in [-0.25, -0.2) is 4.79 Å². The van der Waals surface area contributed by atoms with Gasteiger partial charge in [0.05, 0.1) is 6.61 Å². The fraction of sp³-hybridized carbons (Fsp3) is 0.889. The number of guanidine groups is 1. The zero-order valence-corrected chi connectivity index (χ0v) is 19.1. The number of carbonyl (C=O) groups is 1. The number of halogens is 1. The minimum absolute atomic E-state index is 0. The van der Waals surface area contributed by atoms with Crippen LogP contribution < -0.4 is 5.32 Å². The topological polar surface area (TPSA) is 77.4 Å². The van der Waals surface area contributed by atoms with Crippen molar-refractivity contribution in [2.24, 2.45) is 16.8 Å². The number of nitrogens with one attached hydrogen (secondary N) is 1. The van der Waals surface area contributed by atoms with Crippen LogP contribution in [0.5, 0.6) is 0 Å². The molecule has 1 aliphatic heterocycles. The van der Waals surface area contributed by atoms with Gasteiger partial charge in [-0.05, 0) is 38.5 Å². The van der Waals surface area contributed by atoms with E-state index in [2.05, 4.69) is 31.0 Å². The molecular formula is C18H37IN4O3. The van der Waals surface area contributed by atoms with E-state index in [1.54, 1.807) is 4.90 Å². The number of aliphatic hydroxyl groups is 1. The van der Waals surface area contributed by atoms with Crippen LogP contribution in [0.1, 0.15) is 40.5 Å². The molecule has 0 aromatic heterocycles.